The average molecular weight is 266 g/mol. The van der Waals surface area contributed by atoms with Crippen LogP contribution in [0, 0.1) is 0 Å². The molecule has 7 heteroatoms. The highest BCUT2D eigenvalue weighted by Gasteiger charge is 2.33. The van der Waals surface area contributed by atoms with Crippen molar-refractivity contribution in [2.24, 2.45) is 0 Å². The molecule has 0 amide bonds. The van der Waals surface area contributed by atoms with Crippen LogP contribution in [0.1, 0.15) is 17.2 Å². The van der Waals surface area contributed by atoms with Crippen LogP contribution in [0.25, 0.3) is 0 Å². The standard InChI is InChI=1S/C11H10F4O3/c1-18-10(17)8(12)9(16)6-3-2-4-7(5-6)11(13,14)15/h2-5,8-9,16H,1H3. The van der Waals surface area contributed by atoms with E-state index in [1.165, 1.54) is 0 Å². The Morgan fingerprint density at radius 2 is 2.00 bits per heavy atom. The molecule has 0 radical (unpaired) electrons. The van der Waals surface area contributed by atoms with E-state index in [9.17, 15) is 27.5 Å². The Bertz CT molecular complexity index is 431. The molecule has 0 bridgehead atoms. The first kappa shape index (κ1) is 14.4. The minimum Gasteiger partial charge on any atom is -0.467 e. The zero-order valence-corrected chi connectivity index (χ0v) is 9.24. The number of aliphatic hydroxyl groups excluding tert-OH is 1. The van der Waals surface area contributed by atoms with Crippen molar-refractivity contribution in [3.63, 3.8) is 0 Å². The number of carbonyl (C=O) groups excluding carboxylic acids is 1. The van der Waals surface area contributed by atoms with Gasteiger partial charge < -0.3 is 9.84 Å². The number of aliphatic hydroxyl groups is 1. The fraction of sp³-hybridized carbons (Fsp3) is 0.364. The second-order valence-corrected chi connectivity index (χ2v) is 3.49. The summed E-state index contributed by atoms with van der Waals surface area (Å²) in [5.41, 5.74) is -1.38. The van der Waals surface area contributed by atoms with Crippen LogP contribution in [-0.4, -0.2) is 24.4 Å². The molecule has 1 aromatic rings. The maximum Gasteiger partial charge on any atom is 0.416 e. The van der Waals surface area contributed by atoms with E-state index in [1.807, 2.05) is 0 Å². The molecule has 1 aromatic carbocycles. The second kappa shape index (κ2) is 5.34. The maximum absolute atomic E-state index is 13.3. The first-order chi connectivity index (χ1) is 8.27. The molecule has 1 N–H and O–H groups in total. The minimum absolute atomic E-state index is 0.345. The minimum atomic E-state index is -4.60. The van der Waals surface area contributed by atoms with E-state index < -0.39 is 30.0 Å². The van der Waals surface area contributed by atoms with Gasteiger partial charge in [0.2, 0.25) is 6.17 Å². The fourth-order valence-electron chi connectivity index (χ4n) is 1.31. The summed E-state index contributed by atoms with van der Waals surface area (Å²) in [6, 6.07) is 3.47. The highest BCUT2D eigenvalue weighted by molar-refractivity contribution is 5.75. The molecule has 0 heterocycles. The van der Waals surface area contributed by atoms with Crippen LogP contribution in [0.5, 0.6) is 0 Å². The van der Waals surface area contributed by atoms with Crippen molar-refractivity contribution in [3.05, 3.63) is 35.4 Å². The molecule has 2 atom stereocenters. The highest BCUT2D eigenvalue weighted by Crippen LogP contribution is 2.31. The van der Waals surface area contributed by atoms with Crippen LogP contribution >= 0.6 is 0 Å². The normalized spacial score (nSPS) is 15.0. The van der Waals surface area contributed by atoms with Gasteiger partial charge in [-0.25, -0.2) is 9.18 Å². The smallest absolute Gasteiger partial charge is 0.416 e. The quantitative estimate of drug-likeness (QED) is 0.674. The molecule has 0 spiro atoms. The number of halogens is 4. The molecule has 3 nitrogen and oxygen atoms in total. The number of ether oxygens (including phenoxy) is 1. The van der Waals surface area contributed by atoms with E-state index in [2.05, 4.69) is 4.74 Å². The zero-order valence-electron chi connectivity index (χ0n) is 9.24. The van der Waals surface area contributed by atoms with E-state index in [0.29, 0.717) is 6.07 Å². The molecule has 0 aromatic heterocycles. The Balaban J connectivity index is 3.00. The number of alkyl halides is 4. The Morgan fingerprint density at radius 1 is 1.39 bits per heavy atom. The van der Waals surface area contributed by atoms with Gasteiger partial charge in [0.05, 0.1) is 12.7 Å². The van der Waals surface area contributed by atoms with E-state index in [-0.39, 0.29) is 5.56 Å². The number of methoxy groups -OCH3 is 1. The van der Waals surface area contributed by atoms with Gasteiger partial charge in [-0.2, -0.15) is 13.2 Å². The van der Waals surface area contributed by atoms with Gasteiger partial charge in [-0.3, -0.25) is 0 Å². The largest absolute Gasteiger partial charge is 0.467 e. The van der Waals surface area contributed by atoms with Gasteiger partial charge in [-0.05, 0) is 17.7 Å². The van der Waals surface area contributed by atoms with Gasteiger partial charge in [0, 0.05) is 0 Å². The van der Waals surface area contributed by atoms with Crippen LogP contribution in [0.3, 0.4) is 0 Å². The molecular weight excluding hydrogens is 256 g/mol. The maximum atomic E-state index is 13.3. The van der Waals surface area contributed by atoms with Crippen LogP contribution < -0.4 is 0 Å². The Labute approximate surface area is 100.0 Å². The molecule has 0 fully saturated rings. The molecule has 100 valence electrons. The molecule has 1 rings (SSSR count). The third kappa shape index (κ3) is 3.19. The SMILES string of the molecule is COC(=O)C(F)C(O)c1cccc(C(F)(F)F)c1. The van der Waals surface area contributed by atoms with Gasteiger partial charge in [0.1, 0.15) is 6.10 Å². The van der Waals surface area contributed by atoms with Crippen molar-refractivity contribution in [1.29, 1.82) is 0 Å². The monoisotopic (exact) mass is 266 g/mol. The van der Waals surface area contributed by atoms with E-state index in [0.717, 1.165) is 25.3 Å². The molecule has 2 unspecified atom stereocenters. The van der Waals surface area contributed by atoms with Crippen LogP contribution in [0.2, 0.25) is 0 Å². The topological polar surface area (TPSA) is 46.5 Å². The zero-order chi connectivity index (χ0) is 13.9. The Hall–Kier alpha value is -1.63. The summed E-state index contributed by atoms with van der Waals surface area (Å²) in [6.07, 6.45) is -9.04. The predicted molar refractivity (Wildman–Crippen MR) is 53.3 cm³/mol. The van der Waals surface area contributed by atoms with Crippen molar-refractivity contribution in [2.45, 2.75) is 18.5 Å². The van der Waals surface area contributed by atoms with Gasteiger partial charge >= 0.3 is 12.1 Å². The fourth-order valence-corrected chi connectivity index (χ4v) is 1.31. The lowest BCUT2D eigenvalue weighted by atomic mass is 10.0. The summed E-state index contributed by atoms with van der Waals surface area (Å²) >= 11 is 0. The van der Waals surface area contributed by atoms with Gasteiger partial charge in [0.25, 0.3) is 0 Å². The number of esters is 1. The molecule has 18 heavy (non-hydrogen) atoms. The van der Waals surface area contributed by atoms with Crippen LogP contribution in [0.4, 0.5) is 17.6 Å². The second-order valence-electron chi connectivity index (χ2n) is 3.49. The average Bonchev–Trinajstić information content (AvgIpc) is 2.35. The van der Waals surface area contributed by atoms with Gasteiger partial charge in [0.15, 0.2) is 0 Å². The number of hydrogen-bond acceptors (Lipinski definition) is 3. The summed E-state index contributed by atoms with van der Waals surface area (Å²) < 4.78 is 54.5. The molecule has 0 saturated carbocycles. The van der Waals surface area contributed by atoms with Crippen molar-refractivity contribution < 1.29 is 32.2 Å². The molecular formula is C11H10F4O3. The van der Waals surface area contributed by atoms with E-state index in [4.69, 9.17) is 0 Å². The third-order valence-electron chi connectivity index (χ3n) is 2.26. The summed E-state index contributed by atoms with van der Waals surface area (Å²) in [6.45, 7) is 0. The van der Waals surface area contributed by atoms with E-state index in [1.54, 1.807) is 0 Å². The van der Waals surface area contributed by atoms with E-state index >= 15 is 0 Å². The summed E-state index contributed by atoms with van der Waals surface area (Å²) in [7, 11) is 0.910. The summed E-state index contributed by atoms with van der Waals surface area (Å²) in [5.74, 6) is -1.35. The third-order valence-corrected chi connectivity index (χ3v) is 2.26. The predicted octanol–water partition coefficient (Wildman–Crippen LogP) is 2.25. The molecule has 0 aliphatic heterocycles. The Kier molecular flexibility index (Phi) is 4.28. The summed E-state index contributed by atoms with van der Waals surface area (Å²) in [4.78, 5) is 10.8. The van der Waals surface area contributed by atoms with Crippen LogP contribution in [0.15, 0.2) is 24.3 Å². The number of rotatable bonds is 3. The molecule has 0 aliphatic rings. The molecule has 0 aliphatic carbocycles. The Morgan fingerprint density at radius 3 is 2.50 bits per heavy atom. The lowest BCUT2D eigenvalue weighted by Crippen LogP contribution is -2.25. The van der Waals surface area contributed by atoms with Crippen molar-refractivity contribution >= 4 is 5.97 Å². The first-order valence-corrected chi connectivity index (χ1v) is 4.84. The van der Waals surface area contributed by atoms with Gasteiger partial charge in [-0.1, -0.05) is 12.1 Å². The van der Waals surface area contributed by atoms with Gasteiger partial charge in [-0.15, -0.1) is 0 Å². The van der Waals surface area contributed by atoms with Crippen LogP contribution in [-0.2, 0) is 15.7 Å². The van der Waals surface area contributed by atoms with Crippen molar-refractivity contribution in [2.75, 3.05) is 7.11 Å². The lowest BCUT2D eigenvalue weighted by Gasteiger charge is -2.15. The summed E-state index contributed by atoms with van der Waals surface area (Å²) in [5, 5.41) is 9.44. The highest BCUT2D eigenvalue weighted by atomic mass is 19.4. The number of benzene rings is 1. The number of hydrogen-bond donors (Lipinski definition) is 1. The first-order valence-electron chi connectivity index (χ1n) is 4.84. The van der Waals surface area contributed by atoms with Crippen molar-refractivity contribution in [1.82, 2.24) is 0 Å². The lowest BCUT2D eigenvalue weighted by molar-refractivity contribution is -0.151. The molecule has 0 saturated heterocycles. The van der Waals surface area contributed by atoms with Crippen molar-refractivity contribution in [3.8, 4) is 0 Å². The number of carbonyl (C=O) groups is 1.